The molecule has 1 aliphatic rings. The van der Waals surface area contributed by atoms with Crippen molar-refractivity contribution >= 4 is 17.7 Å². The van der Waals surface area contributed by atoms with Gasteiger partial charge in [-0.2, -0.15) is 0 Å². The molecule has 1 fully saturated rings. The van der Waals surface area contributed by atoms with Gasteiger partial charge in [0, 0.05) is 12.6 Å². The van der Waals surface area contributed by atoms with Crippen LogP contribution in [0.15, 0.2) is 29.4 Å². The van der Waals surface area contributed by atoms with Gasteiger partial charge in [-0.1, -0.05) is 49.2 Å². The van der Waals surface area contributed by atoms with Gasteiger partial charge in [-0.3, -0.25) is 9.36 Å². The minimum atomic E-state index is -0.182. The summed E-state index contributed by atoms with van der Waals surface area (Å²) in [5.74, 6) is 1.05. The number of nitrogens with zero attached hydrogens (tertiary/aromatic N) is 4. The Labute approximate surface area is 166 Å². The van der Waals surface area contributed by atoms with Gasteiger partial charge in [-0.05, 0) is 52.2 Å². The van der Waals surface area contributed by atoms with E-state index in [1.807, 2.05) is 26.0 Å². The molecule has 3 rings (SSSR count). The van der Waals surface area contributed by atoms with Crippen molar-refractivity contribution in [2.45, 2.75) is 76.2 Å². The SMILES string of the molecule is CCN(C(=O)C(C)Sc1nnc(C)n1-c1ccccc1C)C1CCCCC1. The molecular weight excluding hydrogens is 356 g/mol. The van der Waals surface area contributed by atoms with Gasteiger partial charge in [0.25, 0.3) is 0 Å². The quantitative estimate of drug-likeness (QED) is 0.684. The molecule has 1 atom stereocenters. The second-order valence-corrected chi connectivity index (χ2v) is 8.64. The van der Waals surface area contributed by atoms with Crippen LogP contribution in [0.1, 0.15) is 57.3 Å². The fourth-order valence-electron chi connectivity index (χ4n) is 3.94. The molecule has 0 aliphatic heterocycles. The number of aromatic nitrogens is 3. The van der Waals surface area contributed by atoms with Crippen molar-refractivity contribution in [3.05, 3.63) is 35.7 Å². The van der Waals surface area contributed by atoms with Crippen LogP contribution >= 0.6 is 11.8 Å². The molecule has 0 radical (unpaired) electrons. The maximum Gasteiger partial charge on any atom is 0.236 e. The minimum absolute atomic E-state index is 0.182. The van der Waals surface area contributed by atoms with Crippen molar-refractivity contribution in [2.75, 3.05) is 6.54 Å². The third kappa shape index (κ3) is 4.37. The summed E-state index contributed by atoms with van der Waals surface area (Å²) in [6, 6.07) is 8.60. The third-order valence-corrected chi connectivity index (χ3v) is 6.45. The normalized spacial score (nSPS) is 16.3. The molecule has 0 N–H and O–H groups in total. The maximum absolute atomic E-state index is 13.1. The number of para-hydroxylation sites is 1. The van der Waals surface area contributed by atoms with Crippen LogP contribution < -0.4 is 0 Å². The van der Waals surface area contributed by atoms with E-state index in [1.165, 1.54) is 36.6 Å². The molecule has 1 aromatic carbocycles. The summed E-state index contributed by atoms with van der Waals surface area (Å²) >= 11 is 1.51. The molecule has 1 unspecified atom stereocenters. The van der Waals surface area contributed by atoms with Gasteiger partial charge in [-0.25, -0.2) is 0 Å². The van der Waals surface area contributed by atoms with E-state index in [1.54, 1.807) is 0 Å². The van der Waals surface area contributed by atoms with Gasteiger partial charge in [0.05, 0.1) is 10.9 Å². The highest BCUT2D eigenvalue weighted by Crippen LogP contribution is 2.30. The smallest absolute Gasteiger partial charge is 0.236 e. The molecule has 2 aromatic rings. The fourth-order valence-corrected chi connectivity index (χ4v) is 4.92. The number of aryl methyl sites for hydroxylation is 2. The molecule has 0 bridgehead atoms. The highest BCUT2D eigenvalue weighted by atomic mass is 32.2. The molecule has 0 saturated heterocycles. The number of carbonyl (C=O) groups excluding carboxylic acids is 1. The summed E-state index contributed by atoms with van der Waals surface area (Å²) in [7, 11) is 0. The Morgan fingerprint density at radius 3 is 2.59 bits per heavy atom. The van der Waals surface area contributed by atoms with E-state index in [2.05, 4.69) is 45.6 Å². The molecule has 1 amide bonds. The number of rotatable bonds is 6. The monoisotopic (exact) mass is 386 g/mol. The number of hydrogen-bond acceptors (Lipinski definition) is 4. The van der Waals surface area contributed by atoms with Crippen molar-refractivity contribution in [3.8, 4) is 5.69 Å². The van der Waals surface area contributed by atoms with E-state index in [4.69, 9.17) is 0 Å². The Kier molecular flexibility index (Phi) is 6.58. The minimum Gasteiger partial charge on any atom is -0.339 e. The molecule has 1 heterocycles. The van der Waals surface area contributed by atoms with Crippen LogP contribution in [0.25, 0.3) is 5.69 Å². The highest BCUT2D eigenvalue weighted by Gasteiger charge is 2.29. The first-order valence-corrected chi connectivity index (χ1v) is 10.9. The Hall–Kier alpha value is -1.82. The lowest BCUT2D eigenvalue weighted by atomic mass is 9.94. The van der Waals surface area contributed by atoms with Crippen molar-refractivity contribution in [1.82, 2.24) is 19.7 Å². The Morgan fingerprint density at radius 2 is 1.93 bits per heavy atom. The van der Waals surface area contributed by atoms with Gasteiger partial charge in [0.2, 0.25) is 5.91 Å². The maximum atomic E-state index is 13.1. The van der Waals surface area contributed by atoms with E-state index in [0.29, 0.717) is 6.04 Å². The summed E-state index contributed by atoms with van der Waals surface area (Å²) in [6.45, 7) is 8.89. The molecule has 6 heteroatoms. The van der Waals surface area contributed by atoms with Crippen LogP contribution in [-0.4, -0.2) is 43.4 Å². The average molecular weight is 387 g/mol. The lowest BCUT2D eigenvalue weighted by molar-refractivity contribution is -0.133. The van der Waals surface area contributed by atoms with E-state index in [9.17, 15) is 4.79 Å². The second kappa shape index (κ2) is 8.91. The van der Waals surface area contributed by atoms with E-state index in [0.717, 1.165) is 36.1 Å². The topological polar surface area (TPSA) is 51.0 Å². The first-order valence-electron chi connectivity index (χ1n) is 9.98. The molecule has 1 aliphatic carbocycles. The summed E-state index contributed by atoms with van der Waals surface area (Å²) in [4.78, 5) is 15.2. The van der Waals surface area contributed by atoms with Crippen LogP contribution in [0.3, 0.4) is 0 Å². The van der Waals surface area contributed by atoms with Gasteiger partial charge in [-0.15, -0.1) is 10.2 Å². The van der Waals surface area contributed by atoms with Crippen molar-refractivity contribution in [2.24, 2.45) is 0 Å². The summed E-state index contributed by atoms with van der Waals surface area (Å²) in [5.41, 5.74) is 2.24. The Balaban J connectivity index is 1.79. The Bertz CT molecular complexity index is 782. The van der Waals surface area contributed by atoms with E-state index < -0.39 is 0 Å². The van der Waals surface area contributed by atoms with Crippen LogP contribution in [0.4, 0.5) is 0 Å². The van der Waals surface area contributed by atoms with Crippen LogP contribution in [0, 0.1) is 13.8 Å². The predicted octanol–water partition coefficient (Wildman–Crippen LogP) is 4.55. The molecular formula is C21H30N4OS. The van der Waals surface area contributed by atoms with Gasteiger partial charge < -0.3 is 4.90 Å². The standard InChI is InChI=1S/C21H30N4OS/c1-5-24(18-12-7-6-8-13-18)20(26)16(3)27-21-23-22-17(4)25(21)19-14-10-9-11-15(19)2/h9-11,14,16,18H,5-8,12-13H2,1-4H3. The molecule has 5 nitrogen and oxygen atoms in total. The molecule has 1 aromatic heterocycles. The zero-order valence-corrected chi connectivity index (χ0v) is 17.6. The molecule has 1 saturated carbocycles. The second-order valence-electron chi connectivity index (χ2n) is 7.33. The van der Waals surface area contributed by atoms with Crippen LogP contribution in [-0.2, 0) is 4.79 Å². The highest BCUT2D eigenvalue weighted by molar-refractivity contribution is 8.00. The average Bonchev–Trinajstić information content (AvgIpc) is 3.03. The predicted molar refractivity (Wildman–Crippen MR) is 110 cm³/mol. The number of benzene rings is 1. The first-order chi connectivity index (χ1) is 13.0. The zero-order chi connectivity index (χ0) is 19.4. The largest absolute Gasteiger partial charge is 0.339 e. The first kappa shape index (κ1) is 19.9. The summed E-state index contributed by atoms with van der Waals surface area (Å²) in [5, 5.41) is 9.22. The van der Waals surface area contributed by atoms with Gasteiger partial charge in [0.15, 0.2) is 5.16 Å². The summed E-state index contributed by atoms with van der Waals surface area (Å²) < 4.78 is 2.06. The van der Waals surface area contributed by atoms with Crippen molar-refractivity contribution < 1.29 is 4.79 Å². The van der Waals surface area contributed by atoms with Crippen LogP contribution in [0.2, 0.25) is 0 Å². The Morgan fingerprint density at radius 1 is 1.22 bits per heavy atom. The number of carbonyl (C=O) groups is 1. The molecule has 0 spiro atoms. The van der Waals surface area contributed by atoms with E-state index in [-0.39, 0.29) is 11.2 Å². The number of thioether (sulfide) groups is 1. The van der Waals surface area contributed by atoms with Gasteiger partial charge >= 0.3 is 0 Å². The zero-order valence-electron chi connectivity index (χ0n) is 16.8. The lowest BCUT2D eigenvalue weighted by Crippen LogP contribution is -2.44. The van der Waals surface area contributed by atoms with Crippen molar-refractivity contribution in [1.29, 1.82) is 0 Å². The third-order valence-electron chi connectivity index (χ3n) is 5.42. The number of hydrogen-bond donors (Lipinski definition) is 0. The number of amides is 1. The summed E-state index contributed by atoms with van der Waals surface area (Å²) in [6.07, 6.45) is 6.03. The lowest BCUT2D eigenvalue weighted by Gasteiger charge is -2.35. The van der Waals surface area contributed by atoms with Crippen LogP contribution in [0.5, 0.6) is 0 Å². The molecule has 146 valence electrons. The van der Waals surface area contributed by atoms with Crippen molar-refractivity contribution in [3.63, 3.8) is 0 Å². The molecule has 27 heavy (non-hydrogen) atoms. The van der Waals surface area contributed by atoms with Gasteiger partial charge in [0.1, 0.15) is 5.82 Å². The van der Waals surface area contributed by atoms with E-state index >= 15 is 0 Å². The fraction of sp³-hybridized carbons (Fsp3) is 0.571.